The Morgan fingerprint density at radius 3 is 2.21 bits per heavy atom. The van der Waals surface area contributed by atoms with Crippen LogP contribution < -0.4 is 0 Å². The Morgan fingerprint density at radius 2 is 1.67 bits per heavy atom. The molecule has 0 aliphatic carbocycles. The highest BCUT2D eigenvalue weighted by molar-refractivity contribution is 5.80. The molecule has 0 aromatic rings. The maximum atomic E-state index is 12.0. The predicted molar refractivity (Wildman–Crippen MR) is 77.6 cm³/mol. The molecular weight excluding hydrogens is 322 g/mol. The van der Waals surface area contributed by atoms with Gasteiger partial charge in [-0.15, -0.1) is 0 Å². The summed E-state index contributed by atoms with van der Waals surface area (Å²) in [6.45, 7) is 3.51. The number of nitrogens with zero attached hydrogens (tertiary/aromatic N) is 1. The Morgan fingerprint density at radius 1 is 1.08 bits per heavy atom. The molecule has 0 aromatic carbocycles. The Bertz CT molecular complexity index is 548. The fraction of sp³-hybridized carbons (Fsp3) is 0.733. The van der Waals surface area contributed by atoms with Gasteiger partial charge in [0.2, 0.25) is 5.91 Å². The highest BCUT2D eigenvalue weighted by Gasteiger charge is 2.55. The lowest BCUT2D eigenvalue weighted by Gasteiger charge is -2.44. The third-order valence-electron chi connectivity index (χ3n) is 4.03. The van der Waals surface area contributed by atoms with Gasteiger partial charge in [-0.05, 0) is 0 Å². The van der Waals surface area contributed by atoms with Crippen LogP contribution >= 0.6 is 0 Å². The van der Waals surface area contributed by atoms with Gasteiger partial charge in [-0.3, -0.25) is 19.2 Å². The SMILES string of the molecule is CC(=O)OCC1OC2CC(=O)N(C)[C@@H]2C(OC(C)=O)[C@@H]1OC(C)=O. The minimum absolute atomic E-state index is 0.113. The lowest BCUT2D eigenvalue weighted by molar-refractivity contribution is -0.225. The van der Waals surface area contributed by atoms with Crippen LogP contribution in [0.4, 0.5) is 0 Å². The first-order valence-electron chi connectivity index (χ1n) is 7.59. The summed E-state index contributed by atoms with van der Waals surface area (Å²) in [6, 6.07) is -0.570. The summed E-state index contributed by atoms with van der Waals surface area (Å²) in [5, 5.41) is 0. The minimum Gasteiger partial charge on any atom is -0.463 e. The molecule has 0 N–H and O–H groups in total. The highest BCUT2D eigenvalue weighted by Crippen LogP contribution is 2.35. The van der Waals surface area contributed by atoms with E-state index in [1.54, 1.807) is 7.05 Å². The zero-order valence-electron chi connectivity index (χ0n) is 14.0. The molecule has 2 aliphatic heterocycles. The molecule has 134 valence electrons. The highest BCUT2D eigenvalue weighted by atomic mass is 16.6. The van der Waals surface area contributed by atoms with Crippen molar-refractivity contribution in [3.63, 3.8) is 0 Å². The van der Waals surface area contributed by atoms with Crippen molar-refractivity contribution in [2.45, 2.75) is 57.6 Å². The molecule has 0 spiro atoms. The fourth-order valence-corrected chi connectivity index (χ4v) is 3.12. The van der Waals surface area contributed by atoms with Gasteiger partial charge in [0.05, 0.1) is 18.6 Å². The molecule has 0 bridgehead atoms. The smallest absolute Gasteiger partial charge is 0.303 e. The second-order valence-corrected chi connectivity index (χ2v) is 5.86. The second kappa shape index (κ2) is 7.16. The van der Waals surface area contributed by atoms with Crippen molar-refractivity contribution in [2.24, 2.45) is 0 Å². The third-order valence-corrected chi connectivity index (χ3v) is 4.03. The van der Waals surface area contributed by atoms with Crippen LogP contribution in [0.3, 0.4) is 0 Å². The van der Waals surface area contributed by atoms with Crippen molar-refractivity contribution in [2.75, 3.05) is 13.7 Å². The van der Waals surface area contributed by atoms with E-state index in [0.717, 1.165) is 0 Å². The summed E-state index contributed by atoms with van der Waals surface area (Å²) in [5.74, 6) is -1.86. The maximum absolute atomic E-state index is 12.0. The molecule has 2 saturated heterocycles. The van der Waals surface area contributed by atoms with Crippen LogP contribution in [0.1, 0.15) is 27.2 Å². The van der Waals surface area contributed by atoms with E-state index >= 15 is 0 Å². The van der Waals surface area contributed by atoms with E-state index in [1.165, 1.54) is 25.7 Å². The monoisotopic (exact) mass is 343 g/mol. The normalized spacial score (nSPS) is 32.1. The Balaban J connectivity index is 2.31. The largest absolute Gasteiger partial charge is 0.463 e. The van der Waals surface area contributed by atoms with Crippen molar-refractivity contribution >= 4 is 23.8 Å². The standard InChI is InChI=1S/C15H21NO8/c1-7(17)21-6-11-14(22-8(2)18)15(23-9(3)19)13-10(24-11)5-12(20)16(13)4/h10-11,13-15H,5-6H2,1-4H3/t10?,11?,13-,14+,15?/m0/s1. The maximum Gasteiger partial charge on any atom is 0.303 e. The summed E-state index contributed by atoms with van der Waals surface area (Å²) in [5.41, 5.74) is 0. The van der Waals surface area contributed by atoms with E-state index in [9.17, 15) is 19.2 Å². The number of carbonyl (C=O) groups is 4. The van der Waals surface area contributed by atoms with Crippen LogP contribution in [0.5, 0.6) is 0 Å². The van der Waals surface area contributed by atoms with Gasteiger partial charge in [0.15, 0.2) is 12.2 Å². The summed E-state index contributed by atoms with van der Waals surface area (Å²) >= 11 is 0. The minimum atomic E-state index is -0.986. The lowest BCUT2D eigenvalue weighted by atomic mass is 9.93. The summed E-state index contributed by atoms with van der Waals surface area (Å²) in [4.78, 5) is 47.4. The number of ether oxygens (including phenoxy) is 4. The average Bonchev–Trinajstić information content (AvgIpc) is 2.73. The Labute approximate surface area is 139 Å². The molecule has 3 unspecified atom stereocenters. The second-order valence-electron chi connectivity index (χ2n) is 5.86. The molecule has 9 heteroatoms. The molecule has 2 rings (SSSR count). The summed E-state index contributed by atoms with van der Waals surface area (Å²) in [7, 11) is 1.57. The zero-order valence-corrected chi connectivity index (χ0v) is 14.0. The number of likely N-dealkylation sites (tertiary alicyclic amines) is 1. The van der Waals surface area contributed by atoms with Crippen LogP contribution in [-0.2, 0) is 38.1 Å². The summed E-state index contributed by atoms with van der Waals surface area (Å²) in [6.07, 6.45) is -3.15. The van der Waals surface area contributed by atoms with E-state index in [2.05, 4.69) is 0 Å². The molecular formula is C15H21NO8. The van der Waals surface area contributed by atoms with Crippen molar-refractivity contribution < 1.29 is 38.1 Å². The number of hydrogen-bond donors (Lipinski definition) is 0. The molecule has 24 heavy (non-hydrogen) atoms. The molecule has 0 aromatic heterocycles. The Kier molecular flexibility index (Phi) is 5.43. The van der Waals surface area contributed by atoms with Gasteiger partial charge in [0, 0.05) is 27.8 Å². The van der Waals surface area contributed by atoms with Crippen molar-refractivity contribution in [3.05, 3.63) is 0 Å². The van der Waals surface area contributed by atoms with Gasteiger partial charge in [-0.1, -0.05) is 0 Å². The number of hydrogen-bond acceptors (Lipinski definition) is 8. The van der Waals surface area contributed by atoms with Crippen LogP contribution in [-0.4, -0.2) is 72.8 Å². The first kappa shape index (κ1) is 18.2. The van der Waals surface area contributed by atoms with Crippen LogP contribution in [0.25, 0.3) is 0 Å². The van der Waals surface area contributed by atoms with E-state index < -0.39 is 48.4 Å². The summed E-state index contributed by atoms with van der Waals surface area (Å²) < 4.78 is 21.4. The molecule has 2 fully saturated rings. The van der Waals surface area contributed by atoms with Gasteiger partial charge >= 0.3 is 17.9 Å². The first-order valence-corrected chi connectivity index (χ1v) is 7.59. The van der Waals surface area contributed by atoms with Gasteiger partial charge in [-0.25, -0.2) is 0 Å². The van der Waals surface area contributed by atoms with Crippen molar-refractivity contribution in [1.82, 2.24) is 4.90 Å². The van der Waals surface area contributed by atoms with E-state index in [-0.39, 0.29) is 18.9 Å². The van der Waals surface area contributed by atoms with E-state index in [0.29, 0.717) is 0 Å². The number of amides is 1. The molecule has 0 radical (unpaired) electrons. The number of fused-ring (bicyclic) bond motifs is 1. The van der Waals surface area contributed by atoms with Crippen LogP contribution in [0.2, 0.25) is 0 Å². The van der Waals surface area contributed by atoms with Crippen LogP contribution in [0, 0.1) is 0 Å². The molecule has 0 saturated carbocycles. The average molecular weight is 343 g/mol. The Hall–Kier alpha value is -2.16. The third kappa shape index (κ3) is 3.84. The number of rotatable bonds is 4. The van der Waals surface area contributed by atoms with E-state index in [1.807, 2.05) is 0 Å². The molecule has 1 amide bonds. The quantitative estimate of drug-likeness (QED) is 0.492. The molecule has 9 nitrogen and oxygen atoms in total. The van der Waals surface area contributed by atoms with Gasteiger partial charge < -0.3 is 23.8 Å². The van der Waals surface area contributed by atoms with Gasteiger partial charge in [0.1, 0.15) is 12.7 Å². The van der Waals surface area contributed by atoms with Crippen LogP contribution in [0.15, 0.2) is 0 Å². The number of likely N-dealkylation sites (N-methyl/N-ethyl adjacent to an activating group) is 1. The predicted octanol–water partition coefficient (Wildman–Crippen LogP) is -0.589. The zero-order chi connectivity index (χ0) is 18.0. The van der Waals surface area contributed by atoms with Crippen molar-refractivity contribution in [1.29, 1.82) is 0 Å². The molecule has 2 aliphatic rings. The lowest BCUT2D eigenvalue weighted by Crippen LogP contribution is -2.62. The van der Waals surface area contributed by atoms with Gasteiger partial charge in [-0.2, -0.15) is 0 Å². The molecule has 2 heterocycles. The fourth-order valence-electron chi connectivity index (χ4n) is 3.12. The van der Waals surface area contributed by atoms with Gasteiger partial charge in [0.25, 0.3) is 0 Å². The topological polar surface area (TPSA) is 108 Å². The number of esters is 3. The van der Waals surface area contributed by atoms with E-state index in [4.69, 9.17) is 18.9 Å². The van der Waals surface area contributed by atoms with Crippen molar-refractivity contribution in [3.8, 4) is 0 Å². The first-order chi connectivity index (χ1) is 11.2. The number of carbonyl (C=O) groups excluding carboxylic acids is 4. The molecule has 5 atom stereocenters.